The number of ketones is 1. The molecule has 0 saturated carbocycles. The lowest BCUT2D eigenvalue weighted by Gasteiger charge is -2.31. The Morgan fingerprint density at radius 1 is 1.35 bits per heavy atom. The van der Waals surface area contributed by atoms with Crippen LogP contribution in [-0.4, -0.2) is 67.2 Å². The highest BCUT2D eigenvalue weighted by Crippen LogP contribution is 2.44. The van der Waals surface area contributed by atoms with Gasteiger partial charge < -0.3 is 4.90 Å². The van der Waals surface area contributed by atoms with Gasteiger partial charge >= 0.3 is 0 Å². The van der Waals surface area contributed by atoms with Gasteiger partial charge in [-0.25, -0.2) is 0 Å². The van der Waals surface area contributed by atoms with Gasteiger partial charge in [-0.05, 0) is 25.6 Å². The predicted molar refractivity (Wildman–Crippen MR) is 130 cm³/mol. The summed E-state index contributed by atoms with van der Waals surface area (Å²) in [7, 11) is 1.55. The van der Waals surface area contributed by atoms with Gasteiger partial charge in [0.1, 0.15) is 19.1 Å². The second-order valence-electron chi connectivity index (χ2n) is 8.31. The van der Waals surface area contributed by atoms with Crippen LogP contribution in [0.2, 0.25) is 5.02 Å². The Labute approximate surface area is 190 Å². The second-order valence-corrected chi connectivity index (χ2v) is 10.4. The molecule has 0 amide bonds. The van der Waals surface area contributed by atoms with Crippen molar-refractivity contribution < 1.29 is 9.32 Å². The minimum absolute atomic E-state index is 0.00889. The summed E-state index contributed by atoms with van der Waals surface area (Å²) in [6, 6.07) is 5.65. The third-order valence-corrected chi connectivity index (χ3v) is 7.80. The zero-order valence-corrected chi connectivity index (χ0v) is 19.9. The van der Waals surface area contributed by atoms with Gasteiger partial charge in [-0.1, -0.05) is 49.2 Å². The monoisotopic (exact) mass is 458 g/mol. The molecule has 0 N–H and O–H groups in total. The summed E-state index contributed by atoms with van der Waals surface area (Å²) >= 11 is 6.39. The van der Waals surface area contributed by atoms with Crippen molar-refractivity contribution >= 4 is 37.2 Å². The number of Topliss-reactive ketones (excluding diaryl/α,β-unsaturated/α-hetero) is 1. The number of allylic oxidation sites excluding steroid dienone is 4. The van der Waals surface area contributed by atoms with E-state index in [1.54, 1.807) is 6.07 Å². The Morgan fingerprint density at radius 3 is 3.00 bits per heavy atom. The van der Waals surface area contributed by atoms with Crippen molar-refractivity contribution in [2.24, 2.45) is 16.9 Å². The topological polar surface area (TPSA) is 45.1 Å². The third kappa shape index (κ3) is 4.56. The zero-order valence-electron chi connectivity index (χ0n) is 18.3. The molecule has 0 aromatic heterocycles. The van der Waals surface area contributed by atoms with E-state index in [2.05, 4.69) is 36.3 Å². The summed E-state index contributed by atoms with van der Waals surface area (Å²) < 4.78 is 5.89. The molecule has 0 radical (unpaired) electrons. The highest BCUT2D eigenvalue weighted by atomic mass is 35.5. The first-order valence-electron chi connectivity index (χ1n) is 11.0. The van der Waals surface area contributed by atoms with Crippen LogP contribution in [0.1, 0.15) is 35.7 Å². The molecule has 0 fully saturated rings. The number of nitrogens with zero attached hydrogens (tertiary/aromatic N) is 3. The van der Waals surface area contributed by atoms with Crippen molar-refractivity contribution in [3.63, 3.8) is 0 Å². The van der Waals surface area contributed by atoms with Gasteiger partial charge in [-0.3, -0.25) is 9.80 Å². The van der Waals surface area contributed by atoms with Crippen LogP contribution in [0.25, 0.3) is 0 Å². The quantitative estimate of drug-likeness (QED) is 0.471. The first kappa shape index (κ1) is 22.4. The molecular weight excluding hydrogens is 429 g/mol. The first-order valence-corrected chi connectivity index (χ1v) is 13.0. The molecule has 1 heterocycles. The van der Waals surface area contributed by atoms with Gasteiger partial charge in [0.15, 0.2) is 5.78 Å². The molecule has 5 nitrogen and oxygen atoms in total. The van der Waals surface area contributed by atoms with E-state index in [-0.39, 0.29) is 17.6 Å². The molecule has 0 bridgehead atoms. The van der Waals surface area contributed by atoms with Gasteiger partial charge in [0.25, 0.3) is 0 Å². The van der Waals surface area contributed by atoms with Crippen molar-refractivity contribution in [1.29, 1.82) is 0 Å². The van der Waals surface area contributed by atoms with E-state index in [4.69, 9.17) is 21.2 Å². The van der Waals surface area contributed by atoms with E-state index in [0.29, 0.717) is 17.2 Å². The lowest BCUT2D eigenvalue weighted by Crippen LogP contribution is -2.37. The highest BCUT2D eigenvalue weighted by molar-refractivity contribution is 7.50. The van der Waals surface area contributed by atoms with Crippen LogP contribution in [0.3, 0.4) is 0 Å². The number of carbonyl (C=O) groups is 1. The Bertz CT molecular complexity index is 972. The van der Waals surface area contributed by atoms with Gasteiger partial charge in [0.05, 0.1) is 29.1 Å². The van der Waals surface area contributed by atoms with Crippen LogP contribution in [0.15, 0.2) is 47.2 Å². The molecule has 1 aliphatic heterocycles. The number of hydrazone groups is 1. The van der Waals surface area contributed by atoms with Crippen LogP contribution in [0.5, 0.6) is 0 Å². The Balaban J connectivity index is 1.41. The molecular formula is C24H30ClN3O2P+. The normalized spacial score (nSPS) is 21.7. The van der Waals surface area contributed by atoms with E-state index >= 15 is 0 Å². The minimum atomic E-state index is -0.552. The van der Waals surface area contributed by atoms with E-state index in [1.807, 2.05) is 24.3 Å². The summed E-state index contributed by atoms with van der Waals surface area (Å²) in [6.45, 7) is 5.39. The SMILES string of the molecule is C=[P+](CCCC)OCCN(C)CCN1N=C2c3cccc(Cl)c3C(=O)C3C=CC=C1C23. The molecule has 31 heavy (non-hydrogen) atoms. The molecule has 4 rings (SSSR count). The number of hydrogen-bond acceptors (Lipinski definition) is 5. The summed E-state index contributed by atoms with van der Waals surface area (Å²) in [5.74, 6) is -0.137. The van der Waals surface area contributed by atoms with Crippen LogP contribution in [-0.2, 0) is 4.52 Å². The number of halogens is 1. The van der Waals surface area contributed by atoms with E-state index in [9.17, 15) is 4.79 Å². The Hall–Kier alpha value is -1.78. The Morgan fingerprint density at radius 2 is 2.19 bits per heavy atom. The molecule has 164 valence electrons. The second kappa shape index (κ2) is 9.79. The van der Waals surface area contributed by atoms with Crippen LogP contribution >= 0.6 is 19.4 Å². The lowest BCUT2D eigenvalue weighted by atomic mass is 9.71. The summed E-state index contributed by atoms with van der Waals surface area (Å²) in [6.07, 6.45) is 13.6. The molecule has 3 atom stereocenters. The highest BCUT2D eigenvalue weighted by Gasteiger charge is 2.47. The molecule has 2 aliphatic carbocycles. The number of carbonyl (C=O) groups excluding carboxylic acids is 1. The van der Waals surface area contributed by atoms with Crippen molar-refractivity contribution in [2.75, 3.05) is 39.5 Å². The molecule has 1 aromatic rings. The standard InChI is InChI=1S/C24H30ClN3O2P/c1-4-5-16-31(3)30-15-14-27(2)12-13-28-20-11-7-9-18-22(20)23(26-28)17-8-6-10-19(25)21(17)24(18)29/h6-11,18,22H,3-5,12-16H2,1-2H3/q+1. The number of likely N-dealkylation sites (N-methyl/N-ethyl adjacent to an activating group) is 1. The van der Waals surface area contributed by atoms with Crippen molar-refractivity contribution in [3.05, 3.63) is 58.3 Å². The van der Waals surface area contributed by atoms with Gasteiger partial charge in [-0.15, -0.1) is 0 Å². The summed E-state index contributed by atoms with van der Waals surface area (Å²) in [4.78, 5) is 15.4. The van der Waals surface area contributed by atoms with Crippen molar-refractivity contribution in [3.8, 4) is 0 Å². The minimum Gasteiger partial charge on any atom is -0.302 e. The predicted octanol–water partition coefficient (Wildman–Crippen LogP) is 4.82. The number of fused-ring (bicyclic) bond motifs is 2. The fraction of sp³-hybridized carbons (Fsp3) is 0.458. The fourth-order valence-corrected chi connectivity index (χ4v) is 5.78. The lowest BCUT2D eigenvalue weighted by molar-refractivity contribution is 0.0924. The van der Waals surface area contributed by atoms with Gasteiger partial charge in [0, 0.05) is 29.9 Å². The molecule has 1 aromatic carbocycles. The summed E-state index contributed by atoms with van der Waals surface area (Å²) in [5, 5.41) is 7.52. The maximum atomic E-state index is 13.1. The van der Waals surface area contributed by atoms with Crippen LogP contribution in [0, 0.1) is 11.8 Å². The van der Waals surface area contributed by atoms with E-state index in [1.165, 1.54) is 12.8 Å². The maximum absolute atomic E-state index is 13.1. The number of unbranched alkanes of at least 4 members (excludes halogenated alkanes) is 1. The molecule has 7 heteroatoms. The smallest absolute Gasteiger partial charge is 0.246 e. The van der Waals surface area contributed by atoms with Gasteiger partial charge in [-0.2, -0.15) is 9.63 Å². The third-order valence-electron chi connectivity index (χ3n) is 6.12. The van der Waals surface area contributed by atoms with Crippen LogP contribution in [0.4, 0.5) is 0 Å². The van der Waals surface area contributed by atoms with E-state index in [0.717, 1.165) is 42.8 Å². The van der Waals surface area contributed by atoms with Crippen molar-refractivity contribution in [2.45, 2.75) is 19.8 Å². The van der Waals surface area contributed by atoms with Gasteiger partial charge in [0.2, 0.25) is 7.77 Å². The average Bonchev–Trinajstić information content (AvgIpc) is 3.14. The largest absolute Gasteiger partial charge is 0.302 e. The number of benzene rings is 1. The molecule has 3 aliphatic rings. The molecule has 0 saturated heterocycles. The fourth-order valence-electron chi connectivity index (χ4n) is 4.38. The van der Waals surface area contributed by atoms with Crippen LogP contribution < -0.4 is 0 Å². The number of hydrogen-bond donors (Lipinski definition) is 0. The summed E-state index contributed by atoms with van der Waals surface area (Å²) in [5.41, 5.74) is 3.55. The molecule has 0 spiro atoms. The average molecular weight is 459 g/mol. The zero-order chi connectivity index (χ0) is 22.0. The molecule has 3 unspecified atom stereocenters. The Kier molecular flexibility index (Phi) is 7.08. The maximum Gasteiger partial charge on any atom is 0.246 e. The van der Waals surface area contributed by atoms with E-state index < -0.39 is 7.77 Å². The van der Waals surface area contributed by atoms with Crippen molar-refractivity contribution in [1.82, 2.24) is 9.91 Å². The number of rotatable bonds is 10. The first-order chi connectivity index (χ1) is 15.0.